The summed E-state index contributed by atoms with van der Waals surface area (Å²) in [6.45, 7) is 4.81. The molecular formula is C15H20Cl2N2O2. The van der Waals surface area contributed by atoms with Gasteiger partial charge in [0.1, 0.15) is 5.75 Å². The summed E-state index contributed by atoms with van der Waals surface area (Å²) in [5.74, 6) is 0.238. The Morgan fingerprint density at radius 1 is 1.33 bits per heavy atom. The Morgan fingerprint density at radius 3 is 2.57 bits per heavy atom. The molecule has 116 valence electrons. The fraction of sp³-hybridized carbons (Fsp3) is 0.533. The van der Waals surface area contributed by atoms with Crippen molar-refractivity contribution in [3.63, 3.8) is 0 Å². The smallest absolute Gasteiger partial charge is 0.255 e. The van der Waals surface area contributed by atoms with Crippen LogP contribution in [0.2, 0.25) is 10.0 Å². The lowest BCUT2D eigenvalue weighted by atomic mass is 9.81. The number of methoxy groups -OCH3 is 1. The van der Waals surface area contributed by atoms with Crippen LogP contribution in [0.15, 0.2) is 12.1 Å². The second-order valence-corrected chi connectivity index (χ2v) is 6.52. The van der Waals surface area contributed by atoms with Crippen molar-refractivity contribution < 1.29 is 9.53 Å². The van der Waals surface area contributed by atoms with Crippen molar-refractivity contribution in [1.82, 2.24) is 10.6 Å². The summed E-state index contributed by atoms with van der Waals surface area (Å²) in [5.41, 5.74) is 0.536. The number of benzene rings is 1. The number of halogens is 2. The average molecular weight is 331 g/mol. The van der Waals surface area contributed by atoms with E-state index in [9.17, 15) is 4.79 Å². The minimum atomic E-state index is -0.190. The number of amides is 1. The Labute approximate surface area is 135 Å². The molecule has 0 aromatic heterocycles. The highest BCUT2D eigenvalue weighted by Crippen LogP contribution is 2.31. The van der Waals surface area contributed by atoms with Gasteiger partial charge in [0.2, 0.25) is 0 Å². The molecule has 0 unspecified atom stereocenters. The molecule has 1 aromatic rings. The summed E-state index contributed by atoms with van der Waals surface area (Å²) in [6.07, 6.45) is 2.09. The van der Waals surface area contributed by atoms with E-state index in [0.29, 0.717) is 27.9 Å². The number of rotatable bonds is 4. The summed E-state index contributed by atoms with van der Waals surface area (Å²) < 4.78 is 5.21. The Morgan fingerprint density at radius 2 is 1.95 bits per heavy atom. The maximum Gasteiger partial charge on any atom is 0.255 e. The van der Waals surface area contributed by atoms with Crippen molar-refractivity contribution in [3.05, 3.63) is 27.7 Å². The van der Waals surface area contributed by atoms with Gasteiger partial charge in [-0.3, -0.25) is 4.79 Å². The van der Waals surface area contributed by atoms with Crippen LogP contribution in [0.3, 0.4) is 0 Å². The highest BCUT2D eigenvalue weighted by atomic mass is 35.5. The largest absolute Gasteiger partial charge is 0.496 e. The molecule has 0 saturated carbocycles. The minimum Gasteiger partial charge on any atom is -0.496 e. The molecule has 2 N–H and O–H groups in total. The SMILES string of the molecule is COc1cc(Cl)c(Cl)cc1C(=O)NCC1(C)CCNCC1. The van der Waals surface area contributed by atoms with Crippen molar-refractivity contribution in [1.29, 1.82) is 0 Å². The van der Waals surface area contributed by atoms with Crippen LogP contribution in [-0.2, 0) is 0 Å². The van der Waals surface area contributed by atoms with Gasteiger partial charge in [-0.25, -0.2) is 0 Å². The summed E-state index contributed by atoms with van der Waals surface area (Å²) in [5, 5.41) is 7.02. The van der Waals surface area contributed by atoms with E-state index in [-0.39, 0.29) is 11.3 Å². The summed E-state index contributed by atoms with van der Waals surface area (Å²) in [4.78, 5) is 12.4. The number of ether oxygens (including phenoxy) is 1. The molecule has 0 atom stereocenters. The van der Waals surface area contributed by atoms with Crippen molar-refractivity contribution in [2.24, 2.45) is 5.41 Å². The van der Waals surface area contributed by atoms with E-state index >= 15 is 0 Å². The van der Waals surface area contributed by atoms with Crippen molar-refractivity contribution in [2.45, 2.75) is 19.8 Å². The van der Waals surface area contributed by atoms with Gasteiger partial charge in [-0.05, 0) is 37.4 Å². The molecule has 1 heterocycles. The molecule has 0 aliphatic carbocycles. The fourth-order valence-electron chi connectivity index (χ4n) is 2.47. The predicted molar refractivity (Wildman–Crippen MR) is 85.6 cm³/mol. The molecular weight excluding hydrogens is 311 g/mol. The number of hydrogen-bond acceptors (Lipinski definition) is 3. The third kappa shape index (κ3) is 4.02. The molecule has 1 aliphatic heterocycles. The molecule has 0 bridgehead atoms. The highest BCUT2D eigenvalue weighted by Gasteiger charge is 2.27. The van der Waals surface area contributed by atoms with Gasteiger partial charge in [0.25, 0.3) is 5.91 Å². The summed E-state index contributed by atoms with van der Waals surface area (Å²) in [6, 6.07) is 3.11. The van der Waals surface area contributed by atoms with E-state index in [1.54, 1.807) is 12.1 Å². The van der Waals surface area contributed by atoms with E-state index in [1.165, 1.54) is 7.11 Å². The van der Waals surface area contributed by atoms with E-state index < -0.39 is 0 Å². The Balaban J connectivity index is 2.08. The third-order valence-electron chi connectivity index (χ3n) is 3.97. The molecule has 2 rings (SSSR count). The zero-order valence-electron chi connectivity index (χ0n) is 12.3. The molecule has 0 radical (unpaired) electrons. The molecule has 1 aliphatic rings. The number of carbonyl (C=O) groups is 1. The number of carbonyl (C=O) groups excluding carboxylic acids is 1. The van der Waals surface area contributed by atoms with Gasteiger partial charge in [-0.1, -0.05) is 30.1 Å². The number of nitrogens with one attached hydrogen (secondary N) is 2. The third-order valence-corrected chi connectivity index (χ3v) is 4.70. The van der Waals surface area contributed by atoms with Crippen LogP contribution in [0.5, 0.6) is 5.75 Å². The van der Waals surface area contributed by atoms with Gasteiger partial charge in [0, 0.05) is 12.6 Å². The van der Waals surface area contributed by atoms with Gasteiger partial charge in [0.05, 0.1) is 22.7 Å². The molecule has 0 spiro atoms. The Bertz CT molecular complexity index is 529. The van der Waals surface area contributed by atoms with Crippen LogP contribution in [0.1, 0.15) is 30.1 Å². The second-order valence-electron chi connectivity index (χ2n) is 5.71. The summed E-state index contributed by atoms with van der Waals surface area (Å²) >= 11 is 11.9. The fourth-order valence-corrected chi connectivity index (χ4v) is 2.79. The zero-order valence-corrected chi connectivity index (χ0v) is 13.8. The zero-order chi connectivity index (χ0) is 15.5. The van der Waals surface area contributed by atoms with Crippen LogP contribution in [0, 0.1) is 5.41 Å². The first-order valence-electron chi connectivity index (χ1n) is 6.97. The van der Waals surface area contributed by atoms with E-state index in [4.69, 9.17) is 27.9 Å². The lowest BCUT2D eigenvalue weighted by Crippen LogP contribution is -2.42. The highest BCUT2D eigenvalue weighted by molar-refractivity contribution is 6.42. The first-order valence-corrected chi connectivity index (χ1v) is 7.73. The maximum atomic E-state index is 12.4. The van der Waals surface area contributed by atoms with Gasteiger partial charge < -0.3 is 15.4 Å². The van der Waals surface area contributed by atoms with Crippen molar-refractivity contribution in [3.8, 4) is 5.75 Å². The normalized spacial score (nSPS) is 17.3. The van der Waals surface area contributed by atoms with Crippen molar-refractivity contribution >= 4 is 29.1 Å². The molecule has 1 saturated heterocycles. The quantitative estimate of drug-likeness (QED) is 0.891. The van der Waals surface area contributed by atoms with Gasteiger partial charge in [-0.2, -0.15) is 0 Å². The summed E-state index contributed by atoms with van der Waals surface area (Å²) in [7, 11) is 1.50. The monoisotopic (exact) mass is 330 g/mol. The van der Waals surface area contributed by atoms with Crippen LogP contribution in [-0.4, -0.2) is 32.7 Å². The molecule has 1 aromatic carbocycles. The van der Waals surface area contributed by atoms with Crippen molar-refractivity contribution in [2.75, 3.05) is 26.7 Å². The van der Waals surface area contributed by atoms with Gasteiger partial charge >= 0.3 is 0 Å². The van der Waals surface area contributed by atoms with E-state index in [0.717, 1.165) is 25.9 Å². The van der Waals surface area contributed by atoms with E-state index in [2.05, 4.69) is 17.6 Å². The predicted octanol–water partition coefficient (Wildman–Crippen LogP) is 3.12. The second kappa shape index (κ2) is 6.86. The average Bonchev–Trinajstić information content (AvgIpc) is 2.48. The standard InChI is InChI=1S/C15H20Cl2N2O2/c1-15(3-5-18-6-4-15)9-19-14(20)10-7-11(16)12(17)8-13(10)21-2/h7-8,18H,3-6,9H2,1-2H3,(H,19,20). The Hall–Kier alpha value is -0.970. The number of piperidine rings is 1. The molecule has 1 amide bonds. The van der Waals surface area contributed by atoms with Gasteiger partial charge in [-0.15, -0.1) is 0 Å². The maximum absolute atomic E-state index is 12.4. The lowest BCUT2D eigenvalue weighted by molar-refractivity contribution is 0.0919. The molecule has 1 fully saturated rings. The van der Waals surface area contributed by atoms with Crippen LogP contribution in [0.25, 0.3) is 0 Å². The topological polar surface area (TPSA) is 50.4 Å². The van der Waals surface area contributed by atoms with Crippen LogP contribution in [0.4, 0.5) is 0 Å². The first kappa shape index (κ1) is 16.4. The lowest BCUT2D eigenvalue weighted by Gasteiger charge is -2.34. The van der Waals surface area contributed by atoms with E-state index in [1.807, 2.05) is 0 Å². The molecule has 21 heavy (non-hydrogen) atoms. The van der Waals surface area contributed by atoms with Crippen LogP contribution >= 0.6 is 23.2 Å². The molecule has 4 nitrogen and oxygen atoms in total. The number of hydrogen-bond donors (Lipinski definition) is 2. The van der Waals surface area contributed by atoms with Crippen LogP contribution < -0.4 is 15.4 Å². The molecule has 6 heteroatoms. The van der Waals surface area contributed by atoms with Gasteiger partial charge in [0.15, 0.2) is 0 Å². The Kier molecular flexibility index (Phi) is 5.36. The minimum absolute atomic E-state index is 0.129. The first-order chi connectivity index (χ1) is 9.95.